The molecule has 0 N–H and O–H groups in total. The molecule has 32 heavy (non-hydrogen) atoms. The van der Waals surface area contributed by atoms with Gasteiger partial charge in [0.1, 0.15) is 11.6 Å². The monoisotopic (exact) mass is 426 g/mol. The van der Waals surface area contributed by atoms with Crippen LogP contribution >= 0.6 is 0 Å². The average Bonchev–Trinajstić information content (AvgIpc) is 2.81. The van der Waals surface area contributed by atoms with Gasteiger partial charge in [-0.15, -0.1) is 0 Å². The lowest BCUT2D eigenvalue weighted by Crippen LogP contribution is -1.93. The molecule has 0 nitrogen and oxygen atoms in total. The Morgan fingerprint density at radius 2 is 0.812 bits per heavy atom. The molecule has 0 radical (unpaired) electrons. The third kappa shape index (κ3) is 4.80. The molecule has 4 aromatic rings. The molecule has 0 atom stereocenters. The lowest BCUT2D eigenvalue weighted by atomic mass is 9.96. The Labute approximate surface area is 189 Å². The molecule has 0 aromatic heterocycles. The van der Waals surface area contributed by atoms with Gasteiger partial charge < -0.3 is 0 Å². The van der Waals surface area contributed by atoms with E-state index in [1.807, 2.05) is 36.4 Å². The summed E-state index contributed by atoms with van der Waals surface area (Å²) >= 11 is 0. The summed E-state index contributed by atoms with van der Waals surface area (Å²) in [6, 6.07) is 26.7. The minimum atomic E-state index is -0.543. The van der Waals surface area contributed by atoms with Crippen LogP contribution in [-0.4, -0.2) is 0 Å². The maximum atomic E-state index is 14.9. The third-order valence-corrected chi connectivity index (χ3v) is 5.87. The lowest BCUT2D eigenvalue weighted by Gasteiger charge is -2.10. The van der Waals surface area contributed by atoms with E-state index >= 15 is 0 Å². The Morgan fingerprint density at radius 1 is 0.469 bits per heavy atom. The zero-order valence-corrected chi connectivity index (χ0v) is 18.7. The SMILES string of the molecule is CCCc1ccc(-c2ccc(-c3cc(F)c(-c4ccc(CCC)cc4)c(F)c3)cc2)cc1. The number of benzene rings is 4. The molecular weight excluding hydrogens is 398 g/mol. The van der Waals surface area contributed by atoms with Crippen molar-refractivity contribution in [2.75, 3.05) is 0 Å². The van der Waals surface area contributed by atoms with Crippen LogP contribution in [0.1, 0.15) is 37.8 Å². The topological polar surface area (TPSA) is 0 Å². The molecule has 0 aliphatic heterocycles. The van der Waals surface area contributed by atoms with Crippen LogP contribution in [0, 0.1) is 11.6 Å². The van der Waals surface area contributed by atoms with Crippen molar-refractivity contribution in [1.29, 1.82) is 0 Å². The van der Waals surface area contributed by atoms with Gasteiger partial charge in [0.2, 0.25) is 0 Å². The standard InChI is InChI=1S/C30H28F2/c1-3-5-21-7-11-23(12-8-21)24-15-17-25(18-16-24)27-19-28(31)30(29(32)20-27)26-13-9-22(6-4-2)10-14-26/h7-20H,3-6H2,1-2H3. The summed E-state index contributed by atoms with van der Waals surface area (Å²) in [4.78, 5) is 0. The minimum absolute atomic E-state index is 0.0283. The summed E-state index contributed by atoms with van der Waals surface area (Å²) in [5, 5.41) is 0. The van der Waals surface area contributed by atoms with Gasteiger partial charge in [-0.1, -0.05) is 99.5 Å². The number of rotatable bonds is 7. The third-order valence-electron chi connectivity index (χ3n) is 5.87. The fourth-order valence-corrected chi connectivity index (χ4v) is 4.15. The van der Waals surface area contributed by atoms with Crippen LogP contribution in [0.5, 0.6) is 0 Å². The largest absolute Gasteiger partial charge is 0.206 e. The molecule has 4 rings (SSSR count). The number of hydrogen-bond acceptors (Lipinski definition) is 0. The Kier molecular flexibility index (Phi) is 6.80. The normalized spacial score (nSPS) is 11.0. The van der Waals surface area contributed by atoms with Gasteiger partial charge in [0.15, 0.2) is 0 Å². The lowest BCUT2D eigenvalue weighted by molar-refractivity contribution is 0.590. The van der Waals surface area contributed by atoms with Crippen LogP contribution in [0.3, 0.4) is 0 Å². The molecule has 0 heterocycles. The summed E-state index contributed by atoms with van der Waals surface area (Å²) in [6.07, 6.45) is 4.21. The van der Waals surface area contributed by atoms with Crippen molar-refractivity contribution in [2.45, 2.75) is 39.5 Å². The van der Waals surface area contributed by atoms with Gasteiger partial charge in [-0.05, 0) is 63.9 Å². The van der Waals surface area contributed by atoms with Crippen molar-refractivity contribution < 1.29 is 8.78 Å². The molecule has 162 valence electrons. The summed E-state index contributed by atoms with van der Waals surface area (Å²) in [6.45, 7) is 4.29. The molecule has 2 heteroatoms. The zero-order valence-electron chi connectivity index (χ0n) is 18.7. The summed E-state index contributed by atoms with van der Waals surface area (Å²) in [5.41, 5.74) is 6.65. The molecule has 0 saturated carbocycles. The number of hydrogen-bond donors (Lipinski definition) is 0. The molecule has 0 bridgehead atoms. The van der Waals surface area contributed by atoms with E-state index in [-0.39, 0.29) is 5.56 Å². The first-order valence-corrected chi connectivity index (χ1v) is 11.4. The summed E-state index contributed by atoms with van der Waals surface area (Å²) in [7, 11) is 0. The van der Waals surface area contributed by atoms with Crippen LogP contribution in [0.2, 0.25) is 0 Å². The van der Waals surface area contributed by atoms with E-state index in [0.29, 0.717) is 11.1 Å². The number of halogens is 2. The van der Waals surface area contributed by atoms with E-state index in [4.69, 9.17) is 0 Å². The van der Waals surface area contributed by atoms with E-state index in [0.717, 1.165) is 42.4 Å². The van der Waals surface area contributed by atoms with E-state index in [1.165, 1.54) is 23.3 Å². The second-order valence-electron chi connectivity index (χ2n) is 8.29. The van der Waals surface area contributed by atoms with Gasteiger partial charge in [-0.25, -0.2) is 8.78 Å². The average molecular weight is 427 g/mol. The van der Waals surface area contributed by atoms with Crippen molar-refractivity contribution in [3.05, 3.63) is 108 Å². The fraction of sp³-hybridized carbons (Fsp3) is 0.200. The van der Waals surface area contributed by atoms with Crippen molar-refractivity contribution in [3.63, 3.8) is 0 Å². The minimum Gasteiger partial charge on any atom is -0.206 e. The Balaban J connectivity index is 1.58. The molecule has 0 unspecified atom stereocenters. The molecule has 0 aliphatic carbocycles. The van der Waals surface area contributed by atoms with Gasteiger partial charge in [0.25, 0.3) is 0 Å². The smallest absolute Gasteiger partial charge is 0.134 e. The van der Waals surface area contributed by atoms with Crippen LogP contribution in [0.25, 0.3) is 33.4 Å². The van der Waals surface area contributed by atoms with Gasteiger partial charge in [-0.3, -0.25) is 0 Å². The molecule has 4 aromatic carbocycles. The van der Waals surface area contributed by atoms with Gasteiger partial charge in [0.05, 0.1) is 5.56 Å². The molecule has 0 fully saturated rings. The van der Waals surface area contributed by atoms with Crippen molar-refractivity contribution in [2.24, 2.45) is 0 Å². The van der Waals surface area contributed by atoms with Crippen LogP contribution < -0.4 is 0 Å². The quantitative estimate of drug-likeness (QED) is 0.277. The highest BCUT2D eigenvalue weighted by molar-refractivity contribution is 5.74. The van der Waals surface area contributed by atoms with E-state index in [2.05, 4.69) is 38.1 Å². The summed E-state index contributed by atoms with van der Waals surface area (Å²) < 4.78 is 29.9. The second-order valence-corrected chi connectivity index (χ2v) is 8.29. The molecular formula is C30H28F2. The molecule has 0 spiro atoms. The predicted molar refractivity (Wildman–Crippen MR) is 131 cm³/mol. The second kappa shape index (κ2) is 9.91. The van der Waals surface area contributed by atoms with Gasteiger partial charge >= 0.3 is 0 Å². The van der Waals surface area contributed by atoms with Gasteiger partial charge in [0, 0.05) is 0 Å². The van der Waals surface area contributed by atoms with Crippen molar-refractivity contribution in [1.82, 2.24) is 0 Å². The first-order valence-electron chi connectivity index (χ1n) is 11.4. The Bertz CT molecular complexity index is 1150. The van der Waals surface area contributed by atoms with E-state index in [1.54, 1.807) is 12.1 Å². The Morgan fingerprint density at radius 3 is 1.22 bits per heavy atom. The van der Waals surface area contributed by atoms with Crippen LogP contribution in [0.15, 0.2) is 84.9 Å². The highest BCUT2D eigenvalue weighted by Gasteiger charge is 2.14. The number of aryl methyl sites for hydroxylation is 2. The van der Waals surface area contributed by atoms with Gasteiger partial charge in [-0.2, -0.15) is 0 Å². The van der Waals surface area contributed by atoms with Crippen molar-refractivity contribution >= 4 is 0 Å². The highest BCUT2D eigenvalue weighted by atomic mass is 19.1. The van der Waals surface area contributed by atoms with E-state index in [9.17, 15) is 8.78 Å². The molecule has 0 amide bonds. The van der Waals surface area contributed by atoms with Crippen LogP contribution in [0.4, 0.5) is 8.78 Å². The Hall–Kier alpha value is -3.26. The maximum absolute atomic E-state index is 14.9. The first kappa shape index (κ1) is 22.0. The molecule has 0 saturated heterocycles. The first-order chi connectivity index (χ1) is 15.6. The van der Waals surface area contributed by atoms with Crippen molar-refractivity contribution in [3.8, 4) is 33.4 Å². The molecule has 0 aliphatic rings. The van der Waals surface area contributed by atoms with E-state index < -0.39 is 11.6 Å². The van der Waals surface area contributed by atoms with Crippen LogP contribution in [-0.2, 0) is 12.8 Å². The zero-order chi connectivity index (χ0) is 22.5. The maximum Gasteiger partial charge on any atom is 0.134 e. The highest BCUT2D eigenvalue weighted by Crippen LogP contribution is 2.32. The fourth-order valence-electron chi connectivity index (χ4n) is 4.15. The predicted octanol–water partition coefficient (Wildman–Crippen LogP) is 8.87. The summed E-state index contributed by atoms with van der Waals surface area (Å²) in [5.74, 6) is -1.09.